The second kappa shape index (κ2) is 7.84. The Morgan fingerprint density at radius 1 is 1.17 bits per heavy atom. The number of aryl methyl sites for hydroxylation is 1. The minimum atomic E-state index is -0.388. The molecule has 1 amide bonds. The van der Waals surface area contributed by atoms with Crippen molar-refractivity contribution in [3.05, 3.63) is 65.4 Å². The SMILES string of the molecule is CCOC(=O)c1ccc2nc(NC(=O)c3c(C)noc3-c3ccccc3)sc2c1. The van der Waals surface area contributed by atoms with Crippen LogP contribution in [0.15, 0.2) is 53.1 Å². The molecule has 0 aliphatic rings. The second-order valence-corrected chi connectivity index (χ2v) is 7.24. The quantitative estimate of drug-likeness (QED) is 0.482. The molecule has 2 aromatic carbocycles. The van der Waals surface area contributed by atoms with Crippen molar-refractivity contribution in [2.75, 3.05) is 11.9 Å². The number of benzene rings is 2. The Labute approximate surface area is 170 Å². The molecule has 2 aromatic heterocycles. The predicted molar refractivity (Wildman–Crippen MR) is 110 cm³/mol. The summed E-state index contributed by atoms with van der Waals surface area (Å²) in [5.74, 6) is -0.334. The van der Waals surface area contributed by atoms with Gasteiger partial charge in [-0.2, -0.15) is 0 Å². The molecule has 0 radical (unpaired) electrons. The van der Waals surface area contributed by atoms with Gasteiger partial charge < -0.3 is 9.26 Å². The third-order valence-electron chi connectivity index (χ3n) is 4.25. The molecule has 29 heavy (non-hydrogen) atoms. The third-order valence-corrected chi connectivity index (χ3v) is 5.18. The second-order valence-electron chi connectivity index (χ2n) is 6.21. The van der Waals surface area contributed by atoms with Crippen molar-refractivity contribution in [3.8, 4) is 11.3 Å². The van der Waals surface area contributed by atoms with E-state index in [1.54, 1.807) is 32.0 Å². The third kappa shape index (κ3) is 3.74. The molecule has 4 rings (SSSR count). The fourth-order valence-corrected chi connectivity index (χ4v) is 3.80. The Morgan fingerprint density at radius 2 is 1.97 bits per heavy atom. The van der Waals surface area contributed by atoms with Gasteiger partial charge in [0, 0.05) is 5.56 Å². The molecule has 1 N–H and O–H groups in total. The van der Waals surface area contributed by atoms with Crippen LogP contribution in [0.4, 0.5) is 5.13 Å². The number of thiazole rings is 1. The molecule has 4 aromatic rings. The largest absolute Gasteiger partial charge is 0.462 e. The average molecular weight is 407 g/mol. The van der Waals surface area contributed by atoms with Crippen molar-refractivity contribution in [1.82, 2.24) is 10.1 Å². The molecule has 0 aliphatic heterocycles. The summed E-state index contributed by atoms with van der Waals surface area (Å²) in [5.41, 5.74) is 2.75. The molecule has 0 spiro atoms. The molecule has 8 heteroatoms. The number of carbonyl (C=O) groups excluding carboxylic acids is 2. The monoisotopic (exact) mass is 407 g/mol. The lowest BCUT2D eigenvalue weighted by atomic mass is 10.1. The summed E-state index contributed by atoms with van der Waals surface area (Å²) in [4.78, 5) is 29.2. The van der Waals surface area contributed by atoms with Gasteiger partial charge in [-0.15, -0.1) is 0 Å². The highest BCUT2D eigenvalue weighted by Gasteiger charge is 2.23. The van der Waals surface area contributed by atoms with Crippen molar-refractivity contribution < 1.29 is 18.8 Å². The van der Waals surface area contributed by atoms with E-state index >= 15 is 0 Å². The molecule has 0 aliphatic carbocycles. The Hall–Kier alpha value is -3.52. The van der Waals surface area contributed by atoms with Crippen LogP contribution in [0.2, 0.25) is 0 Å². The molecule has 0 saturated heterocycles. The van der Waals surface area contributed by atoms with Crippen LogP contribution < -0.4 is 5.32 Å². The van der Waals surface area contributed by atoms with Crippen molar-refractivity contribution in [1.29, 1.82) is 0 Å². The zero-order valence-electron chi connectivity index (χ0n) is 15.8. The lowest BCUT2D eigenvalue weighted by Gasteiger charge is -2.02. The predicted octanol–water partition coefficient (Wildman–Crippen LogP) is 4.69. The van der Waals surface area contributed by atoms with E-state index in [2.05, 4.69) is 15.5 Å². The summed E-state index contributed by atoms with van der Waals surface area (Å²) in [6, 6.07) is 14.4. The van der Waals surface area contributed by atoms with Gasteiger partial charge in [0.25, 0.3) is 5.91 Å². The van der Waals surface area contributed by atoms with E-state index in [0.717, 1.165) is 10.3 Å². The number of fused-ring (bicyclic) bond motifs is 1. The van der Waals surface area contributed by atoms with E-state index < -0.39 is 0 Å². The van der Waals surface area contributed by atoms with E-state index in [1.807, 2.05) is 30.3 Å². The van der Waals surface area contributed by atoms with Gasteiger partial charge in [0.1, 0.15) is 5.56 Å². The number of anilines is 1. The van der Waals surface area contributed by atoms with Gasteiger partial charge >= 0.3 is 5.97 Å². The van der Waals surface area contributed by atoms with Crippen LogP contribution in [0.1, 0.15) is 33.3 Å². The Morgan fingerprint density at radius 3 is 2.72 bits per heavy atom. The van der Waals surface area contributed by atoms with Crippen molar-refractivity contribution in [3.63, 3.8) is 0 Å². The molecular formula is C21H17N3O4S. The number of hydrogen-bond acceptors (Lipinski definition) is 7. The van der Waals surface area contributed by atoms with Gasteiger partial charge in [-0.05, 0) is 32.0 Å². The number of nitrogens with one attached hydrogen (secondary N) is 1. The molecule has 0 saturated carbocycles. The van der Waals surface area contributed by atoms with E-state index in [-0.39, 0.29) is 11.9 Å². The number of esters is 1. The fraction of sp³-hybridized carbons (Fsp3) is 0.143. The smallest absolute Gasteiger partial charge is 0.338 e. The lowest BCUT2D eigenvalue weighted by Crippen LogP contribution is -2.13. The van der Waals surface area contributed by atoms with E-state index in [4.69, 9.17) is 9.26 Å². The van der Waals surface area contributed by atoms with Crippen molar-refractivity contribution in [2.45, 2.75) is 13.8 Å². The minimum absolute atomic E-state index is 0.308. The average Bonchev–Trinajstić information content (AvgIpc) is 3.30. The number of rotatable bonds is 5. The summed E-state index contributed by atoms with van der Waals surface area (Å²) in [6.45, 7) is 3.78. The first-order valence-corrected chi connectivity index (χ1v) is 9.79. The highest BCUT2D eigenvalue weighted by Crippen LogP contribution is 2.30. The van der Waals surface area contributed by atoms with E-state index in [0.29, 0.717) is 39.8 Å². The molecule has 0 bridgehead atoms. The molecule has 146 valence electrons. The molecule has 0 atom stereocenters. The normalized spacial score (nSPS) is 10.8. The molecule has 0 fully saturated rings. The summed E-state index contributed by atoms with van der Waals surface area (Å²) in [7, 11) is 0. The van der Waals surface area contributed by atoms with Crippen molar-refractivity contribution >= 4 is 38.6 Å². The van der Waals surface area contributed by atoms with Gasteiger partial charge in [0.15, 0.2) is 10.9 Å². The van der Waals surface area contributed by atoms with Crippen LogP contribution in [0.3, 0.4) is 0 Å². The van der Waals surface area contributed by atoms with Gasteiger partial charge in [0.05, 0.1) is 28.1 Å². The van der Waals surface area contributed by atoms with E-state index in [1.165, 1.54) is 11.3 Å². The molecular weight excluding hydrogens is 390 g/mol. The van der Waals surface area contributed by atoms with Crippen LogP contribution in [0.25, 0.3) is 21.5 Å². The summed E-state index contributed by atoms with van der Waals surface area (Å²) in [5, 5.41) is 7.18. The maximum Gasteiger partial charge on any atom is 0.338 e. The Kier molecular flexibility index (Phi) is 5.09. The van der Waals surface area contributed by atoms with Gasteiger partial charge in [-0.3, -0.25) is 10.1 Å². The minimum Gasteiger partial charge on any atom is -0.462 e. The van der Waals surface area contributed by atoms with Crippen LogP contribution in [-0.2, 0) is 4.74 Å². The van der Waals surface area contributed by atoms with Crippen LogP contribution >= 0.6 is 11.3 Å². The standard InChI is InChI=1S/C21H17N3O4S/c1-3-27-20(26)14-9-10-15-16(11-14)29-21(22-15)23-19(25)17-12(2)24-28-18(17)13-7-5-4-6-8-13/h4-11H,3H2,1-2H3,(H,22,23,25). The highest BCUT2D eigenvalue weighted by molar-refractivity contribution is 7.22. The highest BCUT2D eigenvalue weighted by atomic mass is 32.1. The first kappa shape index (κ1) is 18.8. The lowest BCUT2D eigenvalue weighted by molar-refractivity contribution is 0.0526. The van der Waals surface area contributed by atoms with Crippen molar-refractivity contribution in [2.24, 2.45) is 0 Å². The number of aromatic nitrogens is 2. The molecule has 7 nitrogen and oxygen atoms in total. The topological polar surface area (TPSA) is 94.3 Å². The van der Waals surface area contributed by atoms with Gasteiger partial charge in [-0.1, -0.05) is 46.8 Å². The maximum atomic E-state index is 12.9. The number of ether oxygens (including phenoxy) is 1. The summed E-state index contributed by atoms with van der Waals surface area (Å²) >= 11 is 1.28. The summed E-state index contributed by atoms with van der Waals surface area (Å²) in [6.07, 6.45) is 0. The van der Waals surface area contributed by atoms with Crippen LogP contribution in [0, 0.1) is 6.92 Å². The van der Waals surface area contributed by atoms with E-state index in [9.17, 15) is 9.59 Å². The van der Waals surface area contributed by atoms with Crippen LogP contribution in [-0.4, -0.2) is 28.6 Å². The molecule has 2 heterocycles. The first-order valence-electron chi connectivity index (χ1n) is 8.97. The number of nitrogens with zero attached hydrogens (tertiary/aromatic N) is 2. The van der Waals surface area contributed by atoms with Gasteiger partial charge in [0.2, 0.25) is 0 Å². The zero-order valence-corrected chi connectivity index (χ0v) is 16.6. The maximum absolute atomic E-state index is 12.9. The summed E-state index contributed by atoms with van der Waals surface area (Å²) < 4.78 is 11.2. The number of hydrogen-bond donors (Lipinski definition) is 1. The number of amides is 1. The first-order chi connectivity index (χ1) is 14.1. The number of carbonyl (C=O) groups is 2. The zero-order chi connectivity index (χ0) is 20.4. The van der Waals surface area contributed by atoms with Gasteiger partial charge in [-0.25, -0.2) is 9.78 Å². The fourth-order valence-electron chi connectivity index (χ4n) is 2.90. The molecule has 0 unspecified atom stereocenters. The Balaban J connectivity index is 1.62. The Bertz CT molecular complexity index is 1200. The van der Waals surface area contributed by atoms with Crippen LogP contribution in [0.5, 0.6) is 0 Å².